The SMILES string of the molecule is COc1ccc([C@@H]2CCCN2C(=O)NC[C@H]([C@H]2CCOC2)N2CCOCC2)c(OC)c1. The highest BCUT2D eigenvalue weighted by molar-refractivity contribution is 5.75. The van der Waals surface area contributed by atoms with Crippen LogP contribution in [0.3, 0.4) is 0 Å². The second kappa shape index (κ2) is 10.5. The van der Waals surface area contributed by atoms with Gasteiger partial charge in [-0.15, -0.1) is 0 Å². The number of amides is 2. The lowest BCUT2D eigenvalue weighted by Crippen LogP contribution is -2.53. The Balaban J connectivity index is 1.43. The average Bonchev–Trinajstić information content (AvgIpc) is 3.52. The van der Waals surface area contributed by atoms with Gasteiger partial charge in [0.15, 0.2) is 0 Å². The van der Waals surface area contributed by atoms with Crippen LogP contribution in [0, 0.1) is 5.92 Å². The van der Waals surface area contributed by atoms with E-state index in [1.165, 1.54) is 0 Å². The van der Waals surface area contributed by atoms with Crippen molar-refractivity contribution in [1.82, 2.24) is 15.1 Å². The number of rotatable bonds is 7. The van der Waals surface area contributed by atoms with Crippen LogP contribution in [0.5, 0.6) is 11.5 Å². The average molecular weight is 434 g/mol. The molecule has 31 heavy (non-hydrogen) atoms. The smallest absolute Gasteiger partial charge is 0.317 e. The lowest BCUT2D eigenvalue weighted by molar-refractivity contribution is 0.00183. The Hall–Kier alpha value is -2.03. The van der Waals surface area contributed by atoms with E-state index >= 15 is 0 Å². The van der Waals surface area contributed by atoms with Crippen LogP contribution < -0.4 is 14.8 Å². The molecule has 0 aromatic heterocycles. The zero-order chi connectivity index (χ0) is 21.6. The number of carbonyl (C=O) groups excluding carboxylic acids is 1. The van der Waals surface area contributed by atoms with Crippen molar-refractivity contribution in [3.05, 3.63) is 23.8 Å². The van der Waals surface area contributed by atoms with Gasteiger partial charge < -0.3 is 29.2 Å². The van der Waals surface area contributed by atoms with E-state index in [9.17, 15) is 4.79 Å². The molecule has 0 aliphatic carbocycles. The molecule has 8 nitrogen and oxygen atoms in total. The van der Waals surface area contributed by atoms with Crippen molar-refractivity contribution in [3.63, 3.8) is 0 Å². The summed E-state index contributed by atoms with van der Waals surface area (Å²) in [5.41, 5.74) is 1.03. The molecule has 1 aromatic rings. The van der Waals surface area contributed by atoms with E-state index < -0.39 is 0 Å². The summed E-state index contributed by atoms with van der Waals surface area (Å²) in [5.74, 6) is 1.97. The third kappa shape index (κ3) is 5.07. The molecule has 3 atom stereocenters. The molecular formula is C23H35N3O5. The van der Waals surface area contributed by atoms with Gasteiger partial charge in [-0.2, -0.15) is 0 Å². The molecular weight excluding hydrogens is 398 g/mol. The van der Waals surface area contributed by atoms with Crippen LogP contribution in [0.2, 0.25) is 0 Å². The van der Waals surface area contributed by atoms with Gasteiger partial charge in [-0.25, -0.2) is 4.79 Å². The van der Waals surface area contributed by atoms with Gasteiger partial charge >= 0.3 is 6.03 Å². The second-order valence-electron chi connectivity index (χ2n) is 8.48. The van der Waals surface area contributed by atoms with E-state index in [0.717, 1.165) is 82.4 Å². The summed E-state index contributed by atoms with van der Waals surface area (Å²) >= 11 is 0. The molecule has 4 rings (SSSR count). The first-order valence-electron chi connectivity index (χ1n) is 11.4. The van der Waals surface area contributed by atoms with E-state index in [1.807, 2.05) is 23.1 Å². The van der Waals surface area contributed by atoms with E-state index in [-0.39, 0.29) is 18.1 Å². The number of carbonyl (C=O) groups is 1. The van der Waals surface area contributed by atoms with Crippen molar-refractivity contribution in [2.24, 2.45) is 5.92 Å². The molecule has 1 aromatic carbocycles. The molecule has 1 N–H and O–H groups in total. The Morgan fingerprint density at radius 3 is 2.68 bits per heavy atom. The number of hydrogen-bond donors (Lipinski definition) is 1. The second-order valence-corrected chi connectivity index (χ2v) is 8.48. The van der Waals surface area contributed by atoms with Crippen LogP contribution >= 0.6 is 0 Å². The Bertz CT molecular complexity index is 734. The summed E-state index contributed by atoms with van der Waals surface area (Å²) in [6, 6.07) is 6.13. The number of morpholine rings is 1. The van der Waals surface area contributed by atoms with Gasteiger partial charge in [0.05, 0.1) is 40.1 Å². The van der Waals surface area contributed by atoms with Crippen LogP contribution in [0.25, 0.3) is 0 Å². The maximum Gasteiger partial charge on any atom is 0.317 e. The predicted octanol–water partition coefficient (Wildman–Crippen LogP) is 2.29. The van der Waals surface area contributed by atoms with Crippen molar-refractivity contribution in [2.75, 3.05) is 66.8 Å². The lowest BCUT2D eigenvalue weighted by Gasteiger charge is -2.38. The number of urea groups is 1. The van der Waals surface area contributed by atoms with Crippen molar-refractivity contribution in [1.29, 1.82) is 0 Å². The molecule has 3 aliphatic rings. The molecule has 0 bridgehead atoms. The van der Waals surface area contributed by atoms with E-state index in [0.29, 0.717) is 12.5 Å². The maximum absolute atomic E-state index is 13.2. The third-order valence-corrected chi connectivity index (χ3v) is 6.80. The van der Waals surface area contributed by atoms with Crippen molar-refractivity contribution in [3.8, 4) is 11.5 Å². The van der Waals surface area contributed by atoms with Gasteiger partial charge in [0.25, 0.3) is 0 Å². The molecule has 3 fully saturated rings. The first kappa shape index (κ1) is 22.2. The van der Waals surface area contributed by atoms with Crippen LogP contribution in [-0.4, -0.2) is 88.7 Å². The van der Waals surface area contributed by atoms with Gasteiger partial charge in [-0.1, -0.05) is 0 Å². The first-order chi connectivity index (χ1) is 15.2. The van der Waals surface area contributed by atoms with Crippen LogP contribution in [0.15, 0.2) is 18.2 Å². The maximum atomic E-state index is 13.2. The zero-order valence-corrected chi connectivity index (χ0v) is 18.7. The highest BCUT2D eigenvalue weighted by Gasteiger charge is 2.35. The number of likely N-dealkylation sites (tertiary alicyclic amines) is 1. The Morgan fingerprint density at radius 1 is 1.13 bits per heavy atom. The van der Waals surface area contributed by atoms with Crippen molar-refractivity contribution < 1.29 is 23.7 Å². The topological polar surface area (TPSA) is 72.5 Å². The van der Waals surface area contributed by atoms with E-state index in [2.05, 4.69) is 10.2 Å². The monoisotopic (exact) mass is 433 g/mol. The lowest BCUT2D eigenvalue weighted by atomic mass is 9.97. The fourth-order valence-electron chi connectivity index (χ4n) is 5.08. The molecule has 0 saturated carbocycles. The summed E-state index contributed by atoms with van der Waals surface area (Å²) < 4.78 is 22.1. The third-order valence-electron chi connectivity index (χ3n) is 6.80. The number of hydrogen-bond acceptors (Lipinski definition) is 6. The van der Waals surface area contributed by atoms with Crippen LogP contribution in [-0.2, 0) is 9.47 Å². The van der Waals surface area contributed by atoms with Gasteiger partial charge in [0.2, 0.25) is 0 Å². The summed E-state index contributed by atoms with van der Waals surface area (Å²) in [6.07, 6.45) is 2.96. The molecule has 0 radical (unpaired) electrons. The Kier molecular flexibility index (Phi) is 7.53. The van der Waals surface area contributed by atoms with Crippen LogP contribution in [0.4, 0.5) is 4.79 Å². The quantitative estimate of drug-likeness (QED) is 0.711. The standard InChI is InChI=1S/C23H35N3O5/c1-28-18-5-6-19(22(14-18)29-2)20-4-3-8-26(20)23(27)24-15-21(17-7-11-31-16-17)25-9-12-30-13-10-25/h5-6,14,17,20-21H,3-4,7-13,15-16H2,1-2H3,(H,24,27)/t17-,20-,21+/m0/s1. The number of nitrogens with zero attached hydrogens (tertiary/aromatic N) is 2. The molecule has 3 heterocycles. The number of methoxy groups -OCH3 is 2. The van der Waals surface area contributed by atoms with Gasteiger partial charge in [-0.05, 0) is 31.4 Å². The minimum absolute atomic E-state index is 0.00227. The summed E-state index contributed by atoms with van der Waals surface area (Å²) in [5, 5.41) is 3.24. The molecule has 0 spiro atoms. The molecule has 0 unspecified atom stereocenters. The molecule has 172 valence electrons. The Labute approximate surface area is 184 Å². The Morgan fingerprint density at radius 2 is 1.97 bits per heavy atom. The fraction of sp³-hybridized carbons (Fsp3) is 0.696. The van der Waals surface area contributed by atoms with Gasteiger partial charge in [0, 0.05) is 56.4 Å². The number of nitrogens with one attached hydrogen (secondary N) is 1. The minimum atomic E-state index is -0.00227. The number of benzene rings is 1. The summed E-state index contributed by atoms with van der Waals surface area (Å²) in [7, 11) is 3.30. The van der Waals surface area contributed by atoms with Crippen molar-refractivity contribution >= 4 is 6.03 Å². The fourth-order valence-corrected chi connectivity index (χ4v) is 5.08. The minimum Gasteiger partial charge on any atom is -0.497 e. The predicted molar refractivity (Wildman–Crippen MR) is 117 cm³/mol. The largest absolute Gasteiger partial charge is 0.497 e. The summed E-state index contributed by atoms with van der Waals surface area (Å²) in [4.78, 5) is 17.6. The van der Waals surface area contributed by atoms with E-state index in [1.54, 1.807) is 14.2 Å². The van der Waals surface area contributed by atoms with E-state index in [4.69, 9.17) is 18.9 Å². The molecule has 3 aliphatic heterocycles. The van der Waals surface area contributed by atoms with Crippen LogP contribution in [0.1, 0.15) is 30.9 Å². The van der Waals surface area contributed by atoms with Gasteiger partial charge in [0.1, 0.15) is 11.5 Å². The molecule has 8 heteroatoms. The highest BCUT2D eigenvalue weighted by atomic mass is 16.5. The normalized spacial score (nSPS) is 25.4. The zero-order valence-electron chi connectivity index (χ0n) is 18.7. The highest BCUT2D eigenvalue weighted by Crippen LogP contribution is 2.38. The van der Waals surface area contributed by atoms with Crippen molar-refractivity contribution in [2.45, 2.75) is 31.3 Å². The first-order valence-corrected chi connectivity index (χ1v) is 11.4. The number of ether oxygens (including phenoxy) is 4. The van der Waals surface area contributed by atoms with Gasteiger partial charge in [-0.3, -0.25) is 4.90 Å². The molecule has 3 saturated heterocycles. The molecule has 2 amide bonds. The summed E-state index contributed by atoms with van der Waals surface area (Å²) in [6.45, 7) is 6.29.